The highest BCUT2D eigenvalue weighted by Crippen LogP contribution is 2.34. The Labute approximate surface area is 195 Å². The maximum absolute atomic E-state index is 12.7. The van der Waals surface area contributed by atoms with Gasteiger partial charge in [-0.05, 0) is 30.3 Å². The van der Waals surface area contributed by atoms with E-state index in [9.17, 15) is 8.42 Å². The predicted molar refractivity (Wildman–Crippen MR) is 124 cm³/mol. The van der Waals surface area contributed by atoms with Crippen LogP contribution in [0.5, 0.6) is 11.5 Å². The number of benzene rings is 1. The molecule has 1 aromatic carbocycles. The van der Waals surface area contributed by atoms with Crippen molar-refractivity contribution < 1.29 is 22.6 Å². The summed E-state index contributed by atoms with van der Waals surface area (Å²) in [6, 6.07) is 9.06. The number of methoxy groups -OCH3 is 2. The van der Waals surface area contributed by atoms with E-state index in [1.54, 1.807) is 37.7 Å². The molecule has 3 heterocycles. The van der Waals surface area contributed by atoms with Crippen LogP contribution in [0.2, 0.25) is 0 Å². The molecule has 0 spiro atoms. The summed E-state index contributed by atoms with van der Waals surface area (Å²) < 4.78 is 42.7. The lowest BCUT2D eigenvalue weighted by molar-refractivity contribution is 0.0730. The summed E-state index contributed by atoms with van der Waals surface area (Å²) >= 11 is 3.07. The van der Waals surface area contributed by atoms with E-state index in [0.717, 1.165) is 21.3 Å². The zero-order valence-electron chi connectivity index (χ0n) is 17.7. The average molecular weight is 494 g/mol. The number of morpholine rings is 1. The molecular weight excluding hydrogens is 470 g/mol. The van der Waals surface area contributed by atoms with Crippen LogP contribution in [0.1, 0.15) is 5.69 Å². The first-order chi connectivity index (χ1) is 15.5. The molecule has 1 aliphatic heterocycles. The van der Waals surface area contributed by atoms with Crippen LogP contribution in [0.3, 0.4) is 0 Å². The van der Waals surface area contributed by atoms with Crippen LogP contribution in [0.25, 0.3) is 10.6 Å². The summed E-state index contributed by atoms with van der Waals surface area (Å²) in [5.74, 6) is 1.97. The van der Waals surface area contributed by atoms with Gasteiger partial charge in [0.15, 0.2) is 11.5 Å². The first-order valence-corrected chi connectivity index (χ1v) is 13.2. The van der Waals surface area contributed by atoms with Crippen molar-refractivity contribution in [1.82, 2.24) is 14.3 Å². The molecule has 0 amide bonds. The van der Waals surface area contributed by atoms with Crippen LogP contribution in [0, 0.1) is 0 Å². The number of aromatic nitrogens is 2. The highest BCUT2D eigenvalue weighted by atomic mass is 32.2. The lowest BCUT2D eigenvalue weighted by Crippen LogP contribution is -2.40. The van der Waals surface area contributed by atoms with Gasteiger partial charge in [0, 0.05) is 36.0 Å². The standard InChI is InChI=1S/C21H23N3O5S3/c1-27-18-5-3-15(11-19(18)28-2)21-23-16(14-31-21)13-30-20-6-4-17(12-22-20)32(25,26)24-7-9-29-10-8-24/h3-6,11-12,14H,7-10,13H2,1-2H3. The number of hydrogen-bond acceptors (Lipinski definition) is 9. The van der Waals surface area contributed by atoms with Gasteiger partial charge < -0.3 is 14.2 Å². The Bertz CT molecular complexity index is 1160. The van der Waals surface area contributed by atoms with Crippen molar-refractivity contribution in [3.05, 3.63) is 47.6 Å². The second-order valence-electron chi connectivity index (χ2n) is 6.85. The first-order valence-electron chi connectivity index (χ1n) is 9.85. The quantitative estimate of drug-likeness (QED) is 0.440. The summed E-state index contributed by atoms with van der Waals surface area (Å²) in [6.45, 7) is 1.56. The highest BCUT2D eigenvalue weighted by molar-refractivity contribution is 7.98. The van der Waals surface area contributed by atoms with Crippen LogP contribution >= 0.6 is 23.1 Å². The summed E-state index contributed by atoms with van der Waals surface area (Å²) in [4.78, 5) is 9.24. The number of rotatable bonds is 8. The third-order valence-electron chi connectivity index (χ3n) is 4.87. The minimum atomic E-state index is -3.53. The zero-order valence-corrected chi connectivity index (χ0v) is 20.1. The fourth-order valence-electron chi connectivity index (χ4n) is 3.16. The second kappa shape index (κ2) is 10.2. The summed E-state index contributed by atoms with van der Waals surface area (Å²) in [5, 5.41) is 3.64. The van der Waals surface area contributed by atoms with E-state index in [0.29, 0.717) is 43.6 Å². The Balaban J connectivity index is 1.40. The normalized spacial score (nSPS) is 14.9. The summed E-state index contributed by atoms with van der Waals surface area (Å²) in [5.41, 5.74) is 1.89. The molecule has 4 rings (SSSR count). The van der Waals surface area contributed by atoms with Gasteiger partial charge in [-0.3, -0.25) is 0 Å². The topological polar surface area (TPSA) is 90.9 Å². The molecule has 0 unspecified atom stereocenters. The Morgan fingerprint density at radius 1 is 1.12 bits per heavy atom. The molecule has 0 N–H and O–H groups in total. The maximum atomic E-state index is 12.7. The van der Waals surface area contributed by atoms with E-state index in [2.05, 4.69) is 4.98 Å². The number of pyridine rings is 1. The average Bonchev–Trinajstić information content (AvgIpc) is 3.32. The largest absolute Gasteiger partial charge is 0.493 e. The molecule has 3 aromatic rings. The molecule has 11 heteroatoms. The number of sulfonamides is 1. The molecule has 0 aliphatic carbocycles. The van der Waals surface area contributed by atoms with Gasteiger partial charge in [-0.25, -0.2) is 18.4 Å². The van der Waals surface area contributed by atoms with E-state index >= 15 is 0 Å². The zero-order chi connectivity index (χ0) is 22.6. The fraction of sp³-hybridized carbons (Fsp3) is 0.333. The van der Waals surface area contributed by atoms with Crippen LogP contribution in [0.15, 0.2) is 51.8 Å². The number of hydrogen-bond donors (Lipinski definition) is 0. The van der Waals surface area contributed by atoms with Crippen LogP contribution in [0.4, 0.5) is 0 Å². The van der Waals surface area contributed by atoms with Gasteiger partial charge in [-0.1, -0.05) is 0 Å². The Kier molecular flexibility index (Phi) is 7.31. The lowest BCUT2D eigenvalue weighted by atomic mass is 10.2. The Morgan fingerprint density at radius 2 is 1.91 bits per heavy atom. The summed E-state index contributed by atoms with van der Waals surface area (Å²) in [7, 11) is -0.319. The molecule has 1 saturated heterocycles. The Morgan fingerprint density at radius 3 is 2.59 bits per heavy atom. The van der Waals surface area contributed by atoms with Crippen LogP contribution in [-0.4, -0.2) is 63.2 Å². The van der Waals surface area contributed by atoms with E-state index in [-0.39, 0.29) is 4.90 Å². The van der Waals surface area contributed by atoms with Crippen molar-refractivity contribution in [2.75, 3.05) is 40.5 Å². The van der Waals surface area contributed by atoms with Gasteiger partial charge in [-0.2, -0.15) is 4.31 Å². The smallest absolute Gasteiger partial charge is 0.244 e. The number of thioether (sulfide) groups is 1. The maximum Gasteiger partial charge on any atom is 0.244 e. The van der Waals surface area contributed by atoms with Gasteiger partial charge in [0.1, 0.15) is 9.90 Å². The van der Waals surface area contributed by atoms with Crippen LogP contribution < -0.4 is 9.47 Å². The molecule has 8 nitrogen and oxygen atoms in total. The van der Waals surface area contributed by atoms with Gasteiger partial charge >= 0.3 is 0 Å². The van der Waals surface area contributed by atoms with Gasteiger partial charge in [0.05, 0.1) is 38.2 Å². The van der Waals surface area contributed by atoms with Crippen molar-refractivity contribution in [1.29, 1.82) is 0 Å². The molecule has 170 valence electrons. The van der Waals surface area contributed by atoms with Crippen molar-refractivity contribution in [3.63, 3.8) is 0 Å². The van der Waals surface area contributed by atoms with E-state index in [1.165, 1.54) is 22.3 Å². The molecule has 0 saturated carbocycles. The van der Waals surface area contributed by atoms with Crippen molar-refractivity contribution in [2.24, 2.45) is 0 Å². The second-order valence-corrected chi connectivity index (χ2v) is 10.6. The molecule has 0 atom stereocenters. The first kappa shape index (κ1) is 23.0. The minimum absolute atomic E-state index is 0.202. The highest BCUT2D eigenvalue weighted by Gasteiger charge is 2.26. The lowest BCUT2D eigenvalue weighted by Gasteiger charge is -2.25. The molecule has 1 aliphatic rings. The fourth-order valence-corrected chi connectivity index (χ4v) is 6.17. The molecule has 2 aromatic heterocycles. The molecule has 32 heavy (non-hydrogen) atoms. The van der Waals surface area contributed by atoms with E-state index < -0.39 is 10.0 Å². The van der Waals surface area contributed by atoms with Crippen LogP contribution in [-0.2, 0) is 20.5 Å². The predicted octanol–water partition coefficient (Wildman–Crippen LogP) is 3.54. The van der Waals surface area contributed by atoms with E-state index in [4.69, 9.17) is 19.2 Å². The molecule has 0 bridgehead atoms. The minimum Gasteiger partial charge on any atom is -0.493 e. The van der Waals surface area contributed by atoms with Gasteiger partial charge in [0.2, 0.25) is 10.0 Å². The molecule has 0 radical (unpaired) electrons. The van der Waals surface area contributed by atoms with Crippen molar-refractivity contribution >= 4 is 33.1 Å². The monoisotopic (exact) mass is 493 g/mol. The van der Waals surface area contributed by atoms with E-state index in [1.807, 2.05) is 23.6 Å². The third-order valence-corrected chi connectivity index (χ3v) is 8.67. The number of ether oxygens (including phenoxy) is 3. The summed E-state index contributed by atoms with van der Waals surface area (Å²) in [6.07, 6.45) is 1.42. The third kappa shape index (κ3) is 5.07. The molecular formula is C21H23N3O5S3. The van der Waals surface area contributed by atoms with Gasteiger partial charge in [0.25, 0.3) is 0 Å². The van der Waals surface area contributed by atoms with Crippen molar-refractivity contribution in [2.45, 2.75) is 15.7 Å². The molecule has 1 fully saturated rings. The SMILES string of the molecule is COc1ccc(-c2nc(CSc3ccc(S(=O)(=O)N4CCOCC4)cn3)cs2)cc1OC. The van der Waals surface area contributed by atoms with Gasteiger partial charge in [-0.15, -0.1) is 23.1 Å². The Hall–Kier alpha value is -2.18. The number of nitrogens with zero attached hydrogens (tertiary/aromatic N) is 3. The number of thiazole rings is 1. The van der Waals surface area contributed by atoms with Crippen molar-refractivity contribution in [3.8, 4) is 22.1 Å².